The van der Waals surface area contributed by atoms with Crippen LogP contribution in [0.15, 0.2) is 48.5 Å². The first-order chi connectivity index (χ1) is 18.6. The average Bonchev–Trinajstić information content (AvgIpc) is 2.90. The maximum absolute atomic E-state index is 12.8. The molecule has 0 spiro atoms. The van der Waals surface area contributed by atoms with Gasteiger partial charge in [0.25, 0.3) is 5.91 Å². The van der Waals surface area contributed by atoms with E-state index in [0.29, 0.717) is 42.3 Å². The zero-order chi connectivity index (χ0) is 29.1. The summed E-state index contributed by atoms with van der Waals surface area (Å²) in [4.78, 5) is 27.3. The van der Waals surface area contributed by atoms with E-state index in [1.165, 1.54) is 25.7 Å². The highest BCUT2D eigenvalue weighted by atomic mass is 32.3. The number of ether oxygens (including phenoxy) is 2. The molecule has 0 aromatic heterocycles. The molecule has 0 bridgehead atoms. The van der Waals surface area contributed by atoms with E-state index in [1.54, 1.807) is 30.3 Å². The zero-order valence-corrected chi connectivity index (χ0v) is 23.9. The number of carbonyl (C=O) groups is 2. The first kappa shape index (κ1) is 34.0. The minimum atomic E-state index is -4.67. The number of amides is 1. The summed E-state index contributed by atoms with van der Waals surface area (Å²) in [6.45, 7) is 9.90. The van der Waals surface area contributed by atoms with Gasteiger partial charge in [-0.3, -0.25) is 13.9 Å². The number of nitrogens with zero attached hydrogens (tertiary/aromatic N) is 1. The van der Waals surface area contributed by atoms with E-state index in [0.717, 1.165) is 25.9 Å². The molecule has 2 aromatic carbocycles. The summed E-state index contributed by atoms with van der Waals surface area (Å²) in [5.41, 5.74) is 1.56. The highest BCUT2D eigenvalue weighted by Gasteiger charge is 2.13. The van der Waals surface area contributed by atoms with Gasteiger partial charge in [-0.25, -0.2) is 4.79 Å². The second-order valence-electron chi connectivity index (χ2n) is 8.75. The first-order valence-electron chi connectivity index (χ1n) is 13.3. The Kier molecular flexibility index (Phi) is 16.7. The van der Waals surface area contributed by atoms with E-state index < -0.39 is 10.4 Å². The fourth-order valence-corrected chi connectivity index (χ4v) is 3.62. The molecule has 0 heterocycles. The van der Waals surface area contributed by atoms with Gasteiger partial charge in [0.05, 0.1) is 17.7 Å². The molecule has 0 radical (unpaired) electrons. The molecule has 11 heteroatoms. The summed E-state index contributed by atoms with van der Waals surface area (Å²) in [5, 5.41) is 2.89. The van der Waals surface area contributed by atoms with Gasteiger partial charge in [0.15, 0.2) is 0 Å². The minimum Gasteiger partial charge on any atom is -0.493 e. The van der Waals surface area contributed by atoms with Crippen LogP contribution in [0.5, 0.6) is 5.75 Å². The van der Waals surface area contributed by atoms with E-state index in [9.17, 15) is 9.59 Å². The van der Waals surface area contributed by atoms with Crippen LogP contribution in [0.25, 0.3) is 0 Å². The smallest absolute Gasteiger partial charge is 0.394 e. The van der Waals surface area contributed by atoms with Crippen LogP contribution in [0, 0.1) is 0 Å². The normalized spacial score (nSPS) is 10.9. The van der Waals surface area contributed by atoms with Gasteiger partial charge in [-0.15, -0.1) is 0 Å². The van der Waals surface area contributed by atoms with Crippen LogP contribution in [0.3, 0.4) is 0 Å². The first-order valence-corrected chi connectivity index (χ1v) is 14.7. The third-order valence-corrected chi connectivity index (χ3v) is 5.80. The number of unbranched alkanes of at least 4 members (excludes halogenated alkanes) is 5. The van der Waals surface area contributed by atoms with Gasteiger partial charge < -0.3 is 19.7 Å². The predicted octanol–water partition coefficient (Wildman–Crippen LogP) is 5.52. The summed E-state index contributed by atoms with van der Waals surface area (Å²) in [6.07, 6.45) is 7.12. The maximum Gasteiger partial charge on any atom is 0.394 e. The summed E-state index contributed by atoms with van der Waals surface area (Å²) >= 11 is 0. The molecule has 1 amide bonds. The summed E-state index contributed by atoms with van der Waals surface area (Å²) in [6, 6.07) is 14.0. The van der Waals surface area contributed by atoms with Gasteiger partial charge in [0.1, 0.15) is 12.4 Å². The molecule has 0 unspecified atom stereocenters. The van der Waals surface area contributed by atoms with Crippen LogP contribution >= 0.6 is 0 Å². The Balaban J connectivity index is 0.00000139. The molecule has 0 saturated heterocycles. The molecule has 0 aliphatic rings. The molecule has 10 nitrogen and oxygen atoms in total. The topological polar surface area (TPSA) is 142 Å². The molecule has 0 aliphatic carbocycles. The van der Waals surface area contributed by atoms with Crippen LogP contribution in [-0.4, -0.2) is 67.1 Å². The maximum atomic E-state index is 12.8. The van der Waals surface area contributed by atoms with E-state index in [-0.39, 0.29) is 11.9 Å². The fourth-order valence-electron chi connectivity index (χ4n) is 3.62. The van der Waals surface area contributed by atoms with Crippen molar-refractivity contribution in [2.24, 2.45) is 0 Å². The minimum absolute atomic E-state index is 0.243. The summed E-state index contributed by atoms with van der Waals surface area (Å²) in [7, 11) is -4.67. The molecule has 2 aromatic rings. The van der Waals surface area contributed by atoms with E-state index in [1.807, 2.05) is 18.2 Å². The van der Waals surface area contributed by atoms with Crippen molar-refractivity contribution in [3.63, 3.8) is 0 Å². The second kappa shape index (κ2) is 19.1. The third kappa shape index (κ3) is 15.9. The number of esters is 1. The number of hydrogen-bond donors (Lipinski definition) is 3. The Morgan fingerprint density at radius 3 is 2.05 bits per heavy atom. The van der Waals surface area contributed by atoms with Crippen molar-refractivity contribution in [2.45, 2.75) is 59.3 Å². The lowest BCUT2D eigenvalue weighted by Crippen LogP contribution is -2.27. The van der Waals surface area contributed by atoms with Gasteiger partial charge >= 0.3 is 16.4 Å². The molecule has 39 heavy (non-hydrogen) atoms. The molecule has 0 saturated carbocycles. The van der Waals surface area contributed by atoms with Gasteiger partial charge in [0.2, 0.25) is 0 Å². The van der Waals surface area contributed by atoms with Gasteiger partial charge in [-0.2, -0.15) is 8.42 Å². The quantitative estimate of drug-likeness (QED) is 0.136. The molecular weight excluding hydrogens is 524 g/mol. The number of carbonyl (C=O) groups excluding carboxylic acids is 2. The van der Waals surface area contributed by atoms with Crippen molar-refractivity contribution >= 4 is 28.0 Å². The molecule has 2 rings (SSSR count). The third-order valence-electron chi connectivity index (χ3n) is 5.80. The van der Waals surface area contributed by atoms with E-state index >= 15 is 0 Å². The number of benzene rings is 2. The SMILES string of the molecule is CCCCCCCCOc1ccccc1C(=O)Nc1ccc(C(=O)OCCN(CC)CC)cc1.O=S(=O)(O)O. The van der Waals surface area contributed by atoms with Gasteiger partial charge in [-0.05, 0) is 55.9 Å². The number of anilines is 1. The van der Waals surface area contributed by atoms with Crippen LogP contribution < -0.4 is 10.1 Å². The lowest BCUT2D eigenvalue weighted by Gasteiger charge is -2.17. The highest BCUT2D eigenvalue weighted by molar-refractivity contribution is 7.79. The van der Waals surface area contributed by atoms with Crippen LogP contribution in [0.2, 0.25) is 0 Å². The van der Waals surface area contributed by atoms with E-state index in [2.05, 4.69) is 31.0 Å². The molecular formula is C28H42N2O8S. The number of rotatable bonds is 16. The zero-order valence-electron chi connectivity index (χ0n) is 23.1. The van der Waals surface area contributed by atoms with Gasteiger partial charge in [0, 0.05) is 12.2 Å². The fraction of sp³-hybridized carbons (Fsp3) is 0.500. The van der Waals surface area contributed by atoms with Crippen molar-refractivity contribution < 1.29 is 36.6 Å². The molecule has 0 fully saturated rings. The number of hydrogen-bond acceptors (Lipinski definition) is 7. The number of likely N-dealkylation sites (N-methyl/N-ethyl adjacent to an activating group) is 1. The Morgan fingerprint density at radius 1 is 0.846 bits per heavy atom. The summed E-state index contributed by atoms with van der Waals surface area (Å²) in [5.74, 6) is -0.0199. The Morgan fingerprint density at radius 2 is 1.44 bits per heavy atom. The summed E-state index contributed by atoms with van der Waals surface area (Å²) < 4.78 is 42.8. The number of nitrogens with one attached hydrogen (secondary N) is 1. The van der Waals surface area contributed by atoms with E-state index in [4.69, 9.17) is 27.0 Å². The van der Waals surface area contributed by atoms with Crippen LogP contribution in [-0.2, 0) is 15.1 Å². The Labute approximate surface area is 232 Å². The molecule has 3 N–H and O–H groups in total. The van der Waals surface area contributed by atoms with Crippen molar-refractivity contribution in [1.82, 2.24) is 4.90 Å². The highest BCUT2D eigenvalue weighted by Crippen LogP contribution is 2.21. The van der Waals surface area contributed by atoms with Crippen molar-refractivity contribution in [3.05, 3.63) is 59.7 Å². The Hall–Kier alpha value is -2.99. The number of para-hydroxylation sites is 1. The average molecular weight is 567 g/mol. The lowest BCUT2D eigenvalue weighted by molar-refractivity contribution is 0.0466. The standard InChI is InChI=1S/C28H40N2O4.H2O4S/c1-4-7-8-9-10-13-21-33-26-15-12-11-14-25(26)27(31)29-24-18-16-23(17-19-24)28(32)34-22-20-30(5-2)6-3;1-5(2,3)4/h11-12,14-19H,4-10,13,20-22H2,1-3H3,(H,29,31);(H2,1,2,3,4). The van der Waals surface area contributed by atoms with Crippen LogP contribution in [0.1, 0.15) is 80.0 Å². The monoisotopic (exact) mass is 566 g/mol. The second-order valence-corrected chi connectivity index (χ2v) is 9.65. The van der Waals surface area contributed by atoms with Gasteiger partial charge in [-0.1, -0.05) is 65.0 Å². The largest absolute Gasteiger partial charge is 0.493 e. The molecule has 0 atom stereocenters. The Bertz CT molecular complexity index is 1080. The molecule has 218 valence electrons. The van der Waals surface area contributed by atoms with Crippen molar-refractivity contribution in [1.29, 1.82) is 0 Å². The lowest BCUT2D eigenvalue weighted by atomic mass is 10.1. The van der Waals surface area contributed by atoms with Crippen molar-refractivity contribution in [3.8, 4) is 5.75 Å². The molecule has 0 aliphatic heterocycles. The van der Waals surface area contributed by atoms with Crippen LogP contribution in [0.4, 0.5) is 5.69 Å². The van der Waals surface area contributed by atoms with Crippen molar-refractivity contribution in [2.75, 3.05) is 38.2 Å². The predicted molar refractivity (Wildman–Crippen MR) is 152 cm³/mol.